The van der Waals surface area contributed by atoms with Crippen molar-refractivity contribution in [2.45, 2.75) is 19.4 Å². The molecule has 0 aliphatic rings. The molecule has 0 fully saturated rings. The average molecular weight is 112 g/mol. The number of nitrogens with one attached hydrogen (secondary N) is 2. The molecule has 4 radical (unpaired) electrons. The van der Waals surface area contributed by atoms with Crippen molar-refractivity contribution in [1.82, 2.24) is 10.6 Å². The lowest BCUT2D eigenvalue weighted by Crippen LogP contribution is -2.42. The van der Waals surface area contributed by atoms with Crippen molar-refractivity contribution in [3.63, 3.8) is 0 Å². The van der Waals surface area contributed by atoms with Crippen molar-refractivity contribution in [3.05, 3.63) is 14.1 Å². The molecule has 0 spiro atoms. The second-order valence-electron chi connectivity index (χ2n) is 2.41. The van der Waals surface area contributed by atoms with Crippen molar-refractivity contribution in [2.75, 3.05) is 6.54 Å². The van der Waals surface area contributed by atoms with Crippen molar-refractivity contribution in [3.8, 4) is 0 Å². The van der Waals surface area contributed by atoms with Gasteiger partial charge in [-0.3, -0.25) is 0 Å². The summed E-state index contributed by atoms with van der Waals surface area (Å²) in [5.74, 6) is 0. The van der Waals surface area contributed by atoms with E-state index in [9.17, 15) is 0 Å². The summed E-state index contributed by atoms with van der Waals surface area (Å²) >= 11 is 0. The van der Waals surface area contributed by atoms with Crippen molar-refractivity contribution in [1.29, 1.82) is 0 Å². The molecule has 0 bridgehead atoms. The lowest BCUT2D eigenvalue weighted by Gasteiger charge is -2.22. The first-order valence-electron chi connectivity index (χ1n) is 2.53. The molecular formula is C6H12N2. The van der Waals surface area contributed by atoms with Gasteiger partial charge < -0.3 is 10.6 Å². The summed E-state index contributed by atoms with van der Waals surface area (Å²) in [4.78, 5) is 0. The standard InChI is InChI=1S/C6H12N2/c1-6(2,8-4)5-7-3/h3-4,7-8H,5H2,1-2H3. The molecule has 46 valence electrons. The third-order valence-corrected chi connectivity index (χ3v) is 0.935. The van der Waals surface area contributed by atoms with Crippen LogP contribution in [0.1, 0.15) is 13.8 Å². The van der Waals surface area contributed by atoms with Crippen LogP contribution >= 0.6 is 0 Å². The molecule has 0 atom stereocenters. The Bertz CT molecular complexity index is 59.5. The van der Waals surface area contributed by atoms with Crippen LogP contribution in [0.3, 0.4) is 0 Å². The zero-order valence-corrected chi connectivity index (χ0v) is 5.36. The normalized spacial score (nSPS) is 12.0. The fourth-order valence-corrected chi connectivity index (χ4v) is 0.306. The summed E-state index contributed by atoms with van der Waals surface area (Å²) < 4.78 is 0. The molecule has 2 heteroatoms. The zero-order chi connectivity index (χ0) is 6.62. The lowest BCUT2D eigenvalue weighted by atomic mass is 10.1. The molecule has 0 aromatic rings. The minimum absolute atomic E-state index is 0.116. The summed E-state index contributed by atoms with van der Waals surface area (Å²) in [5, 5.41) is 5.12. The van der Waals surface area contributed by atoms with E-state index in [1.54, 1.807) is 0 Å². The third-order valence-electron chi connectivity index (χ3n) is 0.935. The van der Waals surface area contributed by atoms with Crippen LogP contribution in [0.4, 0.5) is 0 Å². The molecule has 0 amide bonds. The second-order valence-corrected chi connectivity index (χ2v) is 2.41. The molecule has 0 aliphatic heterocycles. The van der Waals surface area contributed by atoms with E-state index in [1.165, 1.54) is 0 Å². The summed E-state index contributed by atoms with van der Waals surface area (Å²) in [6.45, 7) is 4.56. The van der Waals surface area contributed by atoms with Crippen molar-refractivity contribution in [2.24, 2.45) is 0 Å². The Morgan fingerprint density at radius 3 is 2.00 bits per heavy atom. The monoisotopic (exact) mass is 112 g/mol. The number of hydrogen-bond donors (Lipinski definition) is 2. The van der Waals surface area contributed by atoms with Gasteiger partial charge in [-0.2, -0.15) is 0 Å². The first kappa shape index (κ1) is 7.92. The molecule has 0 unspecified atom stereocenters. The van der Waals surface area contributed by atoms with E-state index < -0.39 is 0 Å². The lowest BCUT2D eigenvalue weighted by molar-refractivity contribution is 0.428. The maximum absolute atomic E-state index is 5.15. The van der Waals surface area contributed by atoms with Crippen LogP contribution in [0.5, 0.6) is 0 Å². The molecule has 2 N–H and O–H groups in total. The van der Waals surface area contributed by atoms with Crippen LogP contribution in [0.2, 0.25) is 0 Å². The van der Waals surface area contributed by atoms with Crippen LogP contribution in [0.15, 0.2) is 0 Å². The Labute approximate surface area is 51.7 Å². The van der Waals surface area contributed by atoms with Crippen molar-refractivity contribution < 1.29 is 0 Å². The predicted molar refractivity (Wildman–Crippen MR) is 33.8 cm³/mol. The highest BCUT2D eigenvalue weighted by molar-refractivity contribution is 4.78. The van der Waals surface area contributed by atoms with Gasteiger partial charge in [-0.25, -0.2) is 0 Å². The van der Waals surface area contributed by atoms with Gasteiger partial charge in [0.1, 0.15) is 0 Å². The Hall–Kier alpha value is -0.0800. The Kier molecular flexibility index (Phi) is 3.02. The quantitative estimate of drug-likeness (QED) is 0.512. The SMILES string of the molecule is [CH]NCC(C)(C)N[CH]. The van der Waals surface area contributed by atoms with Gasteiger partial charge in [0.25, 0.3) is 0 Å². The Balaban J connectivity index is 3.37. The summed E-state index contributed by atoms with van der Waals surface area (Å²) in [6, 6.07) is 0. The topological polar surface area (TPSA) is 24.1 Å². The van der Waals surface area contributed by atoms with E-state index in [2.05, 4.69) is 10.6 Å². The van der Waals surface area contributed by atoms with Crippen LogP contribution in [-0.4, -0.2) is 12.1 Å². The molecule has 0 saturated carbocycles. The van der Waals surface area contributed by atoms with Crippen LogP contribution in [0, 0.1) is 14.1 Å². The van der Waals surface area contributed by atoms with Crippen molar-refractivity contribution >= 4 is 0 Å². The molecule has 0 aromatic heterocycles. The molecule has 8 heavy (non-hydrogen) atoms. The van der Waals surface area contributed by atoms with E-state index in [-0.39, 0.29) is 5.54 Å². The molecule has 0 saturated heterocycles. The smallest absolute Gasteiger partial charge is 0.0412 e. The first-order chi connectivity index (χ1) is 3.62. The molecule has 0 aliphatic carbocycles. The zero-order valence-electron chi connectivity index (χ0n) is 5.36. The molecule has 0 heterocycles. The number of rotatable bonds is 3. The maximum atomic E-state index is 5.15. The largest absolute Gasteiger partial charge is 0.309 e. The summed E-state index contributed by atoms with van der Waals surface area (Å²) in [6.07, 6.45) is 0. The fraction of sp³-hybridized carbons (Fsp3) is 0.667. The highest BCUT2D eigenvalue weighted by Gasteiger charge is 2.11. The van der Waals surface area contributed by atoms with Gasteiger partial charge in [-0.1, -0.05) is 0 Å². The second kappa shape index (κ2) is 3.05. The molecule has 2 nitrogen and oxygen atoms in total. The molecular weight excluding hydrogens is 100 g/mol. The molecule has 0 aromatic carbocycles. The van der Waals surface area contributed by atoms with E-state index in [1.807, 2.05) is 13.8 Å². The Morgan fingerprint density at radius 1 is 1.38 bits per heavy atom. The van der Waals surface area contributed by atoms with Gasteiger partial charge in [0.15, 0.2) is 0 Å². The summed E-state index contributed by atoms with van der Waals surface area (Å²) in [5.41, 5.74) is -0.116. The minimum atomic E-state index is -0.116. The minimum Gasteiger partial charge on any atom is -0.309 e. The van der Waals surface area contributed by atoms with E-state index in [0.29, 0.717) is 6.54 Å². The highest BCUT2D eigenvalue weighted by Crippen LogP contribution is 1.96. The Morgan fingerprint density at radius 2 is 1.88 bits per heavy atom. The molecule has 0 rings (SSSR count). The fourth-order valence-electron chi connectivity index (χ4n) is 0.306. The van der Waals surface area contributed by atoms with Gasteiger partial charge in [0, 0.05) is 26.2 Å². The van der Waals surface area contributed by atoms with E-state index in [0.717, 1.165) is 0 Å². The first-order valence-corrected chi connectivity index (χ1v) is 2.53. The highest BCUT2D eigenvalue weighted by atomic mass is 15.0. The van der Waals surface area contributed by atoms with Gasteiger partial charge >= 0.3 is 0 Å². The van der Waals surface area contributed by atoms with Crippen LogP contribution in [-0.2, 0) is 0 Å². The van der Waals surface area contributed by atoms with Gasteiger partial charge in [-0.15, -0.1) is 0 Å². The van der Waals surface area contributed by atoms with E-state index >= 15 is 0 Å². The van der Waals surface area contributed by atoms with Crippen LogP contribution < -0.4 is 10.6 Å². The van der Waals surface area contributed by atoms with Gasteiger partial charge in [0.2, 0.25) is 0 Å². The van der Waals surface area contributed by atoms with Gasteiger partial charge in [-0.05, 0) is 13.8 Å². The van der Waals surface area contributed by atoms with Crippen LogP contribution in [0.25, 0.3) is 0 Å². The average Bonchev–Trinajstić information content (AvgIpc) is 1.67. The third kappa shape index (κ3) is 2.99. The predicted octanol–water partition coefficient (Wildman–Crippen LogP) is 0.281. The van der Waals surface area contributed by atoms with Gasteiger partial charge in [0.05, 0.1) is 0 Å². The summed E-state index contributed by atoms with van der Waals surface area (Å²) in [7, 11) is 10.2. The van der Waals surface area contributed by atoms with E-state index in [4.69, 9.17) is 14.1 Å². The maximum Gasteiger partial charge on any atom is 0.0412 e. The number of hydrogen-bond acceptors (Lipinski definition) is 2.